The lowest BCUT2D eigenvalue weighted by Crippen LogP contribution is -1.97. The quantitative estimate of drug-likeness (QED) is 0.617. The van der Waals surface area contributed by atoms with E-state index in [1.165, 1.54) is 19.3 Å². The van der Waals surface area contributed by atoms with Gasteiger partial charge in [0.25, 0.3) is 0 Å². The molecule has 2 N–H and O–H groups in total. The Morgan fingerprint density at radius 2 is 1.91 bits per heavy atom. The smallest absolute Gasteiger partial charge is 0.0138 e. The molecule has 1 nitrogen and oxygen atoms in total. The maximum absolute atomic E-state index is 5.81. The maximum atomic E-state index is 5.81. The van der Waals surface area contributed by atoms with Crippen molar-refractivity contribution in [2.45, 2.75) is 39.0 Å². The van der Waals surface area contributed by atoms with Crippen LogP contribution in [0.3, 0.4) is 0 Å². The summed E-state index contributed by atoms with van der Waals surface area (Å²) in [7, 11) is 0. The van der Waals surface area contributed by atoms with Crippen molar-refractivity contribution in [3.63, 3.8) is 0 Å². The molecule has 0 fully saturated rings. The Bertz CT molecular complexity index is 110. The van der Waals surface area contributed by atoms with Crippen LogP contribution in [0.15, 0.2) is 11.1 Å². The molecular formula is C9H18ClN. The van der Waals surface area contributed by atoms with Gasteiger partial charge in [0.1, 0.15) is 0 Å². The molecule has 0 unspecified atom stereocenters. The van der Waals surface area contributed by atoms with E-state index in [0.717, 1.165) is 24.4 Å². The second kappa shape index (κ2) is 8.09. The number of hydrogen-bond acceptors (Lipinski definition) is 1. The molecule has 66 valence electrons. The Morgan fingerprint density at radius 3 is 2.45 bits per heavy atom. The highest BCUT2D eigenvalue weighted by molar-refractivity contribution is 6.29. The van der Waals surface area contributed by atoms with Crippen LogP contribution in [-0.4, -0.2) is 6.54 Å². The standard InChI is InChI=1S/C9H18ClN/c1-2-9(10)7-5-3-4-6-8-11/h2H,3-8,11H2,1H3/b9-2-. The topological polar surface area (TPSA) is 26.0 Å². The fourth-order valence-corrected chi connectivity index (χ4v) is 1.07. The molecule has 0 bridgehead atoms. The van der Waals surface area contributed by atoms with Crippen LogP contribution in [0.5, 0.6) is 0 Å². The highest BCUT2D eigenvalue weighted by Gasteiger charge is 1.91. The molecular weight excluding hydrogens is 158 g/mol. The fourth-order valence-electron chi connectivity index (χ4n) is 0.936. The molecule has 0 aromatic carbocycles. The summed E-state index contributed by atoms with van der Waals surface area (Å²) in [6, 6.07) is 0. The minimum Gasteiger partial charge on any atom is -0.330 e. The molecule has 11 heavy (non-hydrogen) atoms. The first-order valence-corrected chi connectivity index (χ1v) is 4.69. The predicted molar refractivity (Wildman–Crippen MR) is 51.7 cm³/mol. The van der Waals surface area contributed by atoms with E-state index in [0.29, 0.717) is 0 Å². The summed E-state index contributed by atoms with van der Waals surface area (Å²) in [5.41, 5.74) is 5.36. The van der Waals surface area contributed by atoms with E-state index in [9.17, 15) is 0 Å². The van der Waals surface area contributed by atoms with Gasteiger partial charge < -0.3 is 5.73 Å². The van der Waals surface area contributed by atoms with Crippen LogP contribution in [0.4, 0.5) is 0 Å². The van der Waals surface area contributed by atoms with Gasteiger partial charge in [-0.15, -0.1) is 0 Å². The first-order chi connectivity index (χ1) is 5.31. The summed E-state index contributed by atoms with van der Waals surface area (Å²) in [6.45, 7) is 2.79. The number of rotatable bonds is 6. The Balaban J connectivity index is 3.02. The average molecular weight is 176 g/mol. The van der Waals surface area contributed by atoms with Crippen LogP contribution >= 0.6 is 11.6 Å². The molecule has 0 saturated heterocycles. The van der Waals surface area contributed by atoms with Crippen molar-refractivity contribution in [1.82, 2.24) is 0 Å². The lowest BCUT2D eigenvalue weighted by Gasteiger charge is -1.98. The minimum absolute atomic E-state index is 0.817. The molecule has 0 atom stereocenters. The van der Waals surface area contributed by atoms with Crippen molar-refractivity contribution in [1.29, 1.82) is 0 Å². The SMILES string of the molecule is C/C=C(\Cl)CCCCCCN. The summed E-state index contributed by atoms with van der Waals surface area (Å²) in [4.78, 5) is 0. The largest absolute Gasteiger partial charge is 0.330 e. The fraction of sp³-hybridized carbons (Fsp3) is 0.778. The molecule has 0 aliphatic heterocycles. The van der Waals surface area contributed by atoms with E-state index in [1.54, 1.807) is 0 Å². The number of allylic oxidation sites excluding steroid dienone is 2. The van der Waals surface area contributed by atoms with Gasteiger partial charge in [-0.25, -0.2) is 0 Å². The van der Waals surface area contributed by atoms with Gasteiger partial charge >= 0.3 is 0 Å². The van der Waals surface area contributed by atoms with Crippen LogP contribution in [-0.2, 0) is 0 Å². The molecule has 0 saturated carbocycles. The van der Waals surface area contributed by atoms with Crippen molar-refractivity contribution in [2.75, 3.05) is 6.54 Å². The van der Waals surface area contributed by atoms with Gasteiger partial charge in [-0.1, -0.05) is 30.5 Å². The molecule has 0 heterocycles. The second-order valence-corrected chi connectivity index (χ2v) is 3.17. The lowest BCUT2D eigenvalue weighted by atomic mass is 10.1. The number of halogens is 1. The van der Waals surface area contributed by atoms with E-state index < -0.39 is 0 Å². The van der Waals surface area contributed by atoms with E-state index >= 15 is 0 Å². The van der Waals surface area contributed by atoms with Crippen LogP contribution in [0, 0.1) is 0 Å². The van der Waals surface area contributed by atoms with Crippen molar-refractivity contribution in [2.24, 2.45) is 5.73 Å². The van der Waals surface area contributed by atoms with Crippen molar-refractivity contribution in [3.05, 3.63) is 11.1 Å². The Hall–Kier alpha value is -0.0100. The molecule has 0 spiro atoms. The van der Waals surface area contributed by atoms with Gasteiger partial charge in [-0.3, -0.25) is 0 Å². The lowest BCUT2D eigenvalue weighted by molar-refractivity contribution is 0.650. The van der Waals surface area contributed by atoms with Gasteiger partial charge in [0.05, 0.1) is 0 Å². The molecule has 0 radical (unpaired) electrons. The zero-order chi connectivity index (χ0) is 8.53. The van der Waals surface area contributed by atoms with E-state index in [4.69, 9.17) is 17.3 Å². The Kier molecular flexibility index (Phi) is 8.08. The van der Waals surface area contributed by atoms with Gasteiger partial charge in [-0.05, 0) is 32.7 Å². The maximum Gasteiger partial charge on any atom is 0.0138 e. The van der Waals surface area contributed by atoms with Crippen LogP contribution in [0.2, 0.25) is 0 Å². The van der Waals surface area contributed by atoms with Crippen LogP contribution < -0.4 is 5.73 Å². The molecule has 0 amide bonds. The summed E-state index contributed by atoms with van der Waals surface area (Å²) in [6.07, 6.45) is 7.83. The van der Waals surface area contributed by atoms with E-state index in [-0.39, 0.29) is 0 Å². The van der Waals surface area contributed by atoms with Crippen LogP contribution in [0.25, 0.3) is 0 Å². The van der Waals surface area contributed by atoms with Gasteiger partial charge in [-0.2, -0.15) is 0 Å². The van der Waals surface area contributed by atoms with Gasteiger partial charge in [0.15, 0.2) is 0 Å². The molecule has 0 aliphatic carbocycles. The van der Waals surface area contributed by atoms with E-state index in [1.807, 2.05) is 13.0 Å². The summed E-state index contributed by atoms with van der Waals surface area (Å²) in [5, 5.41) is 0.984. The number of hydrogen-bond donors (Lipinski definition) is 1. The third-order valence-corrected chi connectivity index (χ3v) is 2.09. The number of unbranched alkanes of at least 4 members (excludes halogenated alkanes) is 3. The first-order valence-electron chi connectivity index (χ1n) is 4.32. The normalized spacial score (nSPS) is 12.1. The van der Waals surface area contributed by atoms with E-state index in [2.05, 4.69) is 0 Å². The molecule has 0 aliphatic rings. The Labute approximate surface area is 74.6 Å². The highest BCUT2D eigenvalue weighted by atomic mass is 35.5. The predicted octanol–water partition coefficient (Wildman–Crippen LogP) is 3.04. The summed E-state index contributed by atoms with van der Waals surface area (Å²) < 4.78 is 0. The average Bonchev–Trinajstić information content (AvgIpc) is 2.04. The van der Waals surface area contributed by atoms with Crippen molar-refractivity contribution >= 4 is 11.6 Å². The minimum atomic E-state index is 0.817. The van der Waals surface area contributed by atoms with Gasteiger partial charge in [0, 0.05) is 5.03 Å². The van der Waals surface area contributed by atoms with Crippen molar-refractivity contribution < 1.29 is 0 Å². The summed E-state index contributed by atoms with van der Waals surface area (Å²) >= 11 is 5.81. The first kappa shape index (κ1) is 11.0. The second-order valence-electron chi connectivity index (χ2n) is 2.69. The van der Waals surface area contributed by atoms with Gasteiger partial charge in [0.2, 0.25) is 0 Å². The van der Waals surface area contributed by atoms with Crippen molar-refractivity contribution in [3.8, 4) is 0 Å². The number of nitrogens with two attached hydrogens (primary N) is 1. The third kappa shape index (κ3) is 7.89. The molecule has 0 rings (SSSR count). The summed E-state index contributed by atoms with van der Waals surface area (Å²) in [5.74, 6) is 0. The Morgan fingerprint density at radius 1 is 1.27 bits per heavy atom. The zero-order valence-electron chi connectivity index (χ0n) is 7.28. The third-order valence-electron chi connectivity index (χ3n) is 1.68. The van der Waals surface area contributed by atoms with Crippen LogP contribution in [0.1, 0.15) is 39.0 Å². The zero-order valence-corrected chi connectivity index (χ0v) is 8.03. The molecule has 2 heteroatoms. The molecule has 0 aromatic heterocycles. The highest BCUT2D eigenvalue weighted by Crippen LogP contribution is 2.12. The molecule has 0 aromatic rings. The monoisotopic (exact) mass is 175 g/mol.